The Balaban J connectivity index is 1.97. The average molecular weight is 374 g/mol. The Labute approximate surface area is 156 Å². The average Bonchev–Trinajstić information content (AvgIpc) is 2.81. The second-order valence-corrected chi connectivity index (χ2v) is 6.97. The number of hydrogen-bond acceptors (Lipinski definition) is 5. The van der Waals surface area contributed by atoms with E-state index in [1.54, 1.807) is 32.9 Å². The number of nitrogens with zero attached hydrogens (tertiary/aromatic N) is 1. The maximum atomic E-state index is 12.4. The summed E-state index contributed by atoms with van der Waals surface area (Å²) in [6.07, 6.45) is 2.37. The molecule has 0 aromatic heterocycles. The van der Waals surface area contributed by atoms with Gasteiger partial charge in [0.1, 0.15) is 11.6 Å². The summed E-state index contributed by atoms with van der Waals surface area (Å²) in [7, 11) is 0. The van der Waals surface area contributed by atoms with Gasteiger partial charge in [-0.15, -0.1) is 0 Å². The van der Waals surface area contributed by atoms with Crippen LogP contribution in [-0.4, -0.2) is 52.1 Å². The number of carboxylic acid groups (broad SMARTS) is 1. The fourth-order valence-corrected chi connectivity index (χ4v) is 2.57. The number of fused-ring (bicyclic) bond motifs is 1. The lowest BCUT2D eigenvalue weighted by Gasteiger charge is -2.21. The van der Waals surface area contributed by atoms with Gasteiger partial charge in [0.2, 0.25) is 0 Å². The first-order chi connectivity index (χ1) is 12.6. The normalized spacial score (nSPS) is 15.0. The van der Waals surface area contributed by atoms with Gasteiger partial charge in [-0.3, -0.25) is 14.5 Å². The van der Waals surface area contributed by atoms with Crippen molar-refractivity contribution in [2.24, 2.45) is 0 Å². The van der Waals surface area contributed by atoms with E-state index in [4.69, 9.17) is 4.74 Å². The van der Waals surface area contributed by atoms with Gasteiger partial charge in [-0.2, -0.15) is 0 Å². The van der Waals surface area contributed by atoms with Crippen LogP contribution in [0.15, 0.2) is 36.4 Å². The number of amides is 3. The van der Waals surface area contributed by atoms with Crippen molar-refractivity contribution in [1.82, 2.24) is 10.2 Å². The molecule has 0 saturated heterocycles. The topological polar surface area (TPSA) is 113 Å². The highest BCUT2D eigenvalue weighted by molar-refractivity contribution is 6.22. The van der Waals surface area contributed by atoms with E-state index in [0.717, 1.165) is 4.90 Å². The molecule has 2 rings (SSSR count). The number of alkyl carbamates (subject to hydrolysis) is 1. The van der Waals surface area contributed by atoms with Crippen molar-refractivity contribution in [3.63, 3.8) is 0 Å². The molecule has 27 heavy (non-hydrogen) atoms. The third-order valence-electron chi connectivity index (χ3n) is 3.71. The standard InChI is InChI=1S/C19H22N2O6/c1-19(2,3)27-18(26)20-11-7-6-10-14(17(24)25)21-15(22)12-8-4-5-9-13(12)16(21)23/h4-9,14H,10-11H2,1-3H3,(H,20,26)(H,24,25). The zero-order valence-electron chi connectivity index (χ0n) is 15.4. The molecule has 8 nitrogen and oxygen atoms in total. The molecular weight excluding hydrogens is 352 g/mol. The third kappa shape index (κ3) is 4.93. The highest BCUT2D eigenvalue weighted by Crippen LogP contribution is 2.25. The Morgan fingerprint density at radius 3 is 2.19 bits per heavy atom. The van der Waals surface area contributed by atoms with Crippen LogP contribution in [0.3, 0.4) is 0 Å². The van der Waals surface area contributed by atoms with Crippen molar-refractivity contribution < 1.29 is 29.0 Å². The quantitative estimate of drug-likeness (QED) is 0.583. The van der Waals surface area contributed by atoms with Crippen LogP contribution in [0.4, 0.5) is 4.79 Å². The Hall–Kier alpha value is -3.16. The molecule has 0 spiro atoms. The number of hydrogen-bond donors (Lipinski definition) is 2. The lowest BCUT2D eigenvalue weighted by Crippen LogP contribution is -2.44. The van der Waals surface area contributed by atoms with Crippen molar-refractivity contribution in [3.8, 4) is 0 Å². The first kappa shape index (κ1) is 20.2. The van der Waals surface area contributed by atoms with Crippen LogP contribution in [0.2, 0.25) is 0 Å². The summed E-state index contributed by atoms with van der Waals surface area (Å²) in [4.78, 5) is 48.7. The van der Waals surface area contributed by atoms with Crippen molar-refractivity contribution in [2.45, 2.75) is 38.8 Å². The summed E-state index contributed by atoms with van der Waals surface area (Å²) in [5.74, 6) is -2.53. The second kappa shape index (κ2) is 8.03. The predicted octanol–water partition coefficient (Wildman–Crippen LogP) is 2.21. The molecule has 1 atom stereocenters. The van der Waals surface area contributed by atoms with Gasteiger partial charge in [0.05, 0.1) is 11.1 Å². The molecule has 1 aromatic rings. The van der Waals surface area contributed by atoms with Crippen LogP contribution < -0.4 is 5.32 Å². The molecule has 0 bridgehead atoms. The third-order valence-corrected chi connectivity index (χ3v) is 3.71. The van der Waals surface area contributed by atoms with Crippen LogP contribution in [0.25, 0.3) is 0 Å². The van der Waals surface area contributed by atoms with Crippen LogP contribution in [-0.2, 0) is 9.53 Å². The van der Waals surface area contributed by atoms with Crippen molar-refractivity contribution in [1.29, 1.82) is 0 Å². The van der Waals surface area contributed by atoms with E-state index < -0.39 is 35.5 Å². The van der Waals surface area contributed by atoms with Crippen LogP contribution in [0.1, 0.15) is 47.9 Å². The Morgan fingerprint density at radius 2 is 1.70 bits per heavy atom. The van der Waals surface area contributed by atoms with Gasteiger partial charge in [-0.05, 0) is 39.3 Å². The van der Waals surface area contributed by atoms with Gasteiger partial charge in [-0.25, -0.2) is 9.59 Å². The number of carbonyl (C=O) groups excluding carboxylic acids is 3. The number of carbonyl (C=O) groups is 4. The van der Waals surface area contributed by atoms with Crippen molar-refractivity contribution >= 4 is 23.9 Å². The number of imide groups is 1. The largest absolute Gasteiger partial charge is 0.480 e. The molecule has 0 saturated carbocycles. The molecule has 1 aromatic carbocycles. The number of aliphatic carboxylic acids is 1. The molecule has 0 fully saturated rings. The van der Waals surface area contributed by atoms with Gasteiger partial charge >= 0.3 is 12.1 Å². The van der Waals surface area contributed by atoms with E-state index in [1.807, 2.05) is 0 Å². The van der Waals surface area contributed by atoms with E-state index in [1.165, 1.54) is 24.3 Å². The summed E-state index contributed by atoms with van der Waals surface area (Å²) < 4.78 is 5.07. The molecule has 144 valence electrons. The number of nitrogens with one attached hydrogen (secondary N) is 1. The smallest absolute Gasteiger partial charge is 0.407 e. The lowest BCUT2D eigenvalue weighted by molar-refractivity contribution is -0.141. The van der Waals surface area contributed by atoms with E-state index in [2.05, 4.69) is 5.32 Å². The Kier molecular flexibility index (Phi) is 5.99. The van der Waals surface area contributed by atoms with Crippen LogP contribution in [0, 0.1) is 0 Å². The van der Waals surface area contributed by atoms with Gasteiger partial charge < -0.3 is 15.2 Å². The Bertz CT molecular complexity index is 759. The SMILES string of the molecule is CC(C)(C)OC(=O)NCC=CCC(C(=O)O)N1C(=O)c2ccccc2C1=O. The molecule has 8 heteroatoms. The van der Waals surface area contributed by atoms with E-state index in [0.29, 0.717) is 0 Å². The molecule has 2 N–H and O–H groups in total. The first-order valence-corrected chi connectivity index (χ1v) is 8.43. The highest BCUT2D eigenvalue weighted by atomic mass is 16.6. The minimum atomic E-state index is -1.32. The molecular formula is C19H22N2O6. The van der Waals surface area contributed by atoms with Crippen molar-refractivity contribution in [2.75, 3.05) is 6.54 Å². The van der Waals surface area contributed by atoms with Gasteiger partial charge in [-0.1, -0.05) is 24.3 Å². The molecule has 0 aliphatic carbocycles. The summed E-state index contributed by atoms with van der Waals surface area (Å²) in [6.45, 7) is 5.34. The Morgan fingerprint density at radius 1 is 1.15 bits per heavy atom. The maximum Gasteiger partial charge on any atom is 0.407 e. The molecule has 3 amide bonds. The number of ether oxygens (including phenoxy) is 1. The summed E-state index contributed by atoms with van der Waals surface area (Å²) in [5, 5.41) is 12.0. The second-order valence-electron chi connectivity index (χ2n) is 6.97. The maximum absolute atomic E-state index is 12.4. The molecule has 1 unspecified atom stereocenters. The minimum absolute atomic E-state index is 0.0726. The number of rotatable bonds is 6. The molecule has 1 aliphatic rings. The number of carboxylic acids is 1. The summed E-state index contributed by atoms with van der Waals surface area (Å²) >= 11 is 0. The van der Waals surface area contributed by atoms with E-state index in [-0.39, 0.29) is 24.1 Å². The molecule has 0 radical (unpaired) electrons. The lowest BCUT2D eigenvalue weighted by atomic mass is 10.1. The first-order valence-electron chi connectivity index (χ1n) is 8.43. The molecule has 1 aliphatic heterocycles. The summed E-state index contributed by atoms with van der Waals surface area (Å²) in [5.41, 5.74) is -0.220. The van der Waals surface area contributed by atoms with E-state index >= 15 is 0 Å². The van der Waals surface area contributed by atoms with Gasteiger partial charge in [0, 0.05) is 6.54 Å². The fourth-order valence-electron chi connectivity index (χ4n) is 2.57. The highest BCUT2D eigenvalue weighted by Gasteiger charge is 2.42. The summed E-state index contributed by atoms with van der Waals surface area (Å²) in [6, 6.07) is 4.90. The monoisotopic (exact) mass is 374 g/mol. The number of benzene rings is 1. The van der Waals surface area contributed by atoms with Crippen LogP contribution in [0.5, 0.6) is 0 Å². The van der Waals surface area contributed by atoms with E-state index in [9.17, 15) is 24.3 Å². The van der Waals surface area contributed by atoms with Crippen molar-refractivity contribution in [3.05, 3.63) is 47.5 Å². The minimum Gasteiger partial charge on any atom is -0.480 e. The zero-order chi connectivity index (χ0) is 20.2. The van der Waals surface area contributed by atoms with Gasteiger partial charge in [0.25, 0.3) is 11.8 Å². The predicted molar refractivity (Wildman–Crippen MR) is 96.4 cm³/mol. The molecule has 1 heterocycles. The fraction of sp³-hybridized carbons (Fsp3) is 0.368. The zero-order valence-corrected chi connectivity index (χ0v) is 15.4. The van der Waals surface area contributed by atoms with Crippen LogP contribution >= 0.6 is 0 Å². The van der Waals surface area contributed by atoms with Gasteiger partial charge in [0.15, 0.2) is 0 Å².